The summed E-state index contributed by atoms with van der Waals surface area (Å²) < 4.78 is 56.9. The van der Waals surface area contributed by atoms with Gasteiger partial charge in [0.05, 0.1) is 16.8 Å². The molecule has 0 aliphatic carbocycles. The molecule has 0 atom stereocenters. The smallest absolute Gasteiger partial charge is 0.416 e. The van der Waals surface area contributed by atoms with E-state index in [1.807, 2.05) is 0 Å². The quantitative estimate of drug-likeness (QED) is 0.391. The normalized spacial score (nSPS) is 11.8. The van der Waals surface area contributed by atoms with Crippen molar-refractivity contribution in [2.75, 3.05) is 6.61 Å². The topological polar surface area (TPSA) is 30.8 Å². The molecule has 2 rings (SSSR count). The maximum atomic E-state index is 13.9. The minimum absolute atomic E-state index is 0.212. The second kappa shape index (κ2) is 7.53. The van der Waals surface area contributed by atoms with Crippen molar-refractivity contribution in [1.82, 2.24) is 0 Å². The van der Waals surface area contributed by atoms with Crippen LogP contribution in [0.15, 0.2) is 41.6 Å². The Kier molecular flexibility index (Phi) is 5.66. The molecular weight excluding hydrogens is 350 g/mol. The van der Waals surface area contributed by atoms with E-state index in [0.717, 1.165) is 0 Å². The van der Waals surface area contributed by atoms with E-state index in [2.05, 4.69) is 5.16 Å². The standard InChI is InChI=1S/C16H12ClF4NO2/c1-2-23-22-9-10-3-5-12(6-4-10)24-15-13(17)7-11(8-14(15)18)16(19,20)21/h3-9H,2H2,1H3. The summed E-state index contributed by atoms with van der Waals surface area (Å²) in [6, 6.07) is 7.19. The van der Waals surface area contributed by atoms with Crippen molar-refractivity contribution in [3.8, 4) is 11.5 Å². The monoisotopic (exact) mass is 361 g/mol. The second-order valence-corrected chi connectivity index (χ2v) is 5.00. The second-order valence-electron chi connectivity index (χ2n) is 4.59. The highest BCUT2D eigenvalue weighted by molar-refractivity contribution is 6.32. The summed E-state index contributed by atoms with van der Waals surface area (Å²) in [5.41, 5.74) is -0.477. The van der Waals surface area contributed by atoms with Gasteiger partial charge in [0.25, 0.3) is 0 Å². The van der Waals surface area contributed by atoms with Gasteiger partial charge in [-0.15, -0.1) is 0 Å². The van der Waals surface area contributed by atoms with Crippen molar-refractivity contribution in [2.24, 2.45) is 5.16 Å². The molecule has 2 aromatic carbocycles. The summed E-state index contributed by atoms with van der Waals surface area (Å²) >= 11 is 5.70. The van der Waals surface area contributed by atoms with E-state index < -0.39 is 28.3 Å². The first-order valence-corrected chi connectivity index (χ1v) is 7.18. The van der Waals surface area contributed by atoms with Crippen LogP contribution < -0.4 is 4.74 Å². The van der Waals surface area contributed by atoms with Gasteiger partial charge >= 0.3 is 6.18 Å². The van der Waals surface area contributed by atoms with E-state index in [1.165, 1.54) is 18.3 Å². The number of hydrogen-bond acceptors (Lipinski definition) is 3. The lowest BCUT2D eigenvalue weighted by molar-refractivity contribution is -0.137. The molecule has 24 heavy (non-hydrogen) atoms. The number of rotatable bonds is 5. The van der Waals surface area contributed by atoms with E-state index in [9.17, 15) is 17.6 Å². The van der Waals surface area contributed by atoms with Gasteiger partial charge in [-0.25, -0.2) is 4.39 Å². The van der Waals surface area contributed by atoms with Gasteiger partial charge in [-0.3, -0.25) is 0 Å². The fourth-order valence-electron chi connectivity index (χ4n) is 1.73. The number of nitrogens with zero attached hydrogens (tertiary/aromatic N) is 1. The first kappa shape index (κ1) is 18.1. The number of halogens is 5. The molecule has 128 valence electrons. The van der Waals surface area contributed by atoms with Crippen molar-refractivity contribution < 1.29 is 27.1 Å². The van der Waals surface area contributed by atoms with Gasteiger partial charge in [0, 0.05) is 0 Å². The Morgan fingerprint density at radius 1 is 1.17 bits per heavy atom. The maximum Gasteiger partial charge on any atom is 0.416 e. The maximum absolute atomic E-state index is 13.9. The molecule has 0 saturated carbocycles. The number of hydrogen-bond donors (Lipinski definition) is 0. The van der Waals surface area contributed by atoms with Crippen LogP contribution in [0.4, 0.5) is 17.6 Å². The number of ether oxygens (including phenoxy) is 1. The molecule has 0 aliphatic rings. The lowest BCUT2D eigenvalue weighted by Gasteiger charge is -2.12. The molecule has 0 bridgehead atoms. The Bertz CT molecular complexity index is 707. The van der Waals surface area contributed by atoms with Crippen LogP contribution in [0.2, 0.25) is 5.02 Å². The Morgan fingerprint density at radius 2 is 1.83 bits per heavy atom. The van der Waals surface area contributed by atoms with Crippen molar-refractivity contribution in [3.63, 3.8) is 0 Å². The average Bonchev–Trinajstić information content (AvgIpc) is 2.51. The van der Waals surface area contributed by atoms with Crippen LogP contribution >= 0.6 is 11.6 Å². The molecule has 8 heteroatoms. The molecule has 3 nitrogen and oxygen atoms in total. The third kappa shape index (κ3) is 4.61. The average molecular weight is 362 g/mol. The van der Waals surface area contributed by atoms with Gasteiger partial charge in [0.2, 0.25) is 0 Å². The van der Waals surface area contributed by atoms with Crippen LogP contribution in [0.25, 0.3) is 0 Å². The van der Waals surface area contributed by atoms with Crippen LogP contribution in [-0.2, 0) is 11.0 Å². The van der Waals surface area contributed by atoms with E-state index in [-0.39, 0.29) is 5.75 Å². The van der Waals surface area contributed by atoms with Gasteiger partial charge < -0.3 is 9.57 Å². The molecule has 0 aromatic heterocycles. The fourth-order valence-corrected chi connectivity index (χ4v) is 1.98. The highest BCUT2D eigenvalue weighted by Crippen LogP contribution is 2.38. The third-order valence-electron chi connectivity index (χ3n) is 2.83. The molecule has 0 saturated heterocycles. The first-order valence-electron chi connectivity index (χ1n) is 6.80. The Morgan fingerprint density at radius 3 is 2.38 bits per heavy atom. The predicted molar refractivity (Wildman–Crippen MR) is 82.1 cm³/mol. The molecule has 2 aromatic rings. The fraction of sp³-hybridized carbons (Fsp3) is 0.188. The van der Waals surface area contributed by atoms with E-state index >= 15 is 0 Å². The van der Waals surface area contributed by atoms with Crippen LogP contribution in [0.1, 0.15) is 18.1 Å². The van der Waals surface area contributed by atoms with Gasteiger partial charge in [-0.05, 0) is 48.9 Å². The minimum Gasteiger partial charge on any atom is -0.453 e. The first-order chi connectivity index (χ1) is 11.3. The zero-order valence-corrected chi connectivity index (χ0v) is 13.2. The molecule has 0 spiro atoms. The summed E-state index contributed by atoms with van der Waals surface area (Å²) in [5, 5.41) is 3.21. The molecule has 0 unspecified atom stereocenters. The SMILES string of the molecule is CCON=Cc1ccc(Oc2c(F)cc(C(F)(F)F)cc2Cl)cc1. The molecule has 0 N–H and O–H groups in total. The zero-order valence-electron chi connectivity index (χ0n) is 12.4. The van der Waals surface area contributed by atoms with Crippen molar-refractivity contribution in [3.05, 3.63) is 58.4 Å². The highest BCUT2D eigenvalue weighted by atomic mass is 35.5. The van der Waals surface area contributed by atoms with Crippen LogP contribution in [-0.4, -0.2) is 12.8 Å². The summed E-state index contributed by atoms with van der Waals surface area (Å²) in [6.45, 7) is 2.22. The molecule has 0 fully saturated rings. The van der Waals surface area contributed by atoms with Gasteiger partial charge in [-0.2, -0.15) is 13.2 Å². The van der Waals surface area contributed by atoms with Crippen molar-refractivity contribution >= 4 is 17.8 Å². The summed E-state index contributed by atoms with van der Waals surface area (Å²) in [4.78, 5) is 4.81. The lowest BCUT2D eigenvalue weighted by Crippen LogP contribution is -2.06. The zero-order chi connectivity index (χ0) is 17.7. The molecule has 0 amide bonds. The Balaban J connectivity index is 2.19. The van der Waals surface area contributed by atoms with Gasteiger partial charge in [0.15, 0.2) is 11.6 Å². The van der Waals surface area contributed by atoms with Crippen molar-refractivity contribution in [1.29, 1.82) is 0 Å². The predicted octanol–water partition coefficient (Wildman–Crippen LogP) is 5.66. The van der Waals surface area contributed by atoms with Crippen LogP contribution in [0, 0.1) is 5.82 Å². The molecule has 0 aliphatic heterocycles. The third-order valence-corrected chi connectivity index (χ3v) is 3.11. The lowest BCUT2D eigenvalue weighted by atomic mass is 10.2. The Labute approximate surface area is 140 Å². The largest absolute Gasteiger partial charge is 0.453 e. The van der Waals surface area contributed by atoms with Crippen LogP contribution in [0.3, 0.4) is 0 Å². The Hall–Kier alpha value is -2.28. The summed E-state index contributed by atoms with van der Waals surface area (Å²) in [7, 11) is 0. The number of benzene rings is 2. The number of oxime groups is 1. The molecule has 0 heterocycles. The van der Waals surface area contributed by atoms with Crippen LogP contribution in [0.5, 0.6) is 11.5 Å². The molecular formula is C16H12ClF4NO2. The van der Waals surface area contributed by atoms with Crippen molar-refractivity contribution in [2.45, 2.75) is 13.1 Å². The van der Waals surface area contributed by atoms with Gasteiger partial charge in [-0.1, -0.05) is 16.8 Å². The highest BCUT2D eigenvalue weighted by Gasteiger charge is 2.32. The van der Waals surface area contributed by atoms with E-state index in [0.29, 0.717) is 24.3 Å². The van der Waals surface area contributed by atoms with E-state index in [4.69, 9.17) is 21.2 Å². The minimum atomic E-state index is -4.69. The number of alkyl halides is 3. The molecule has 0 radical (unpaired) electrons. The van der Waals surface area contributed by atoms with E-state index in [1.54, 1.807) is 19.1 Å². The summed E-state index contributed by atoms with van der Waals surface area (Å²) in [6.07, 6.45) is -3.22. The summed E-state index contributed by atoms with van der Waals surface area (Å²) in [5.74, 6) is -1.46. The van der Waals surface area contributed by atoms with Gasteiger partial charge in [0.1, 0.15) is 12.4 Å².